The molecule has 1 radical (unpaired) electrons. The fraction of sp³-hybridized carbons (Fsp3) is 0.500. The van der Waals surface area contributed by atoms with Crippen molar-refractivity contribution in [3.63, 3.8) is 0 Å². The van der Waals surface area contributed by atoms with Crippen LogP contribution in [-0.4, -0.2) is 30.0 Å². The standard InChI is InChI=1S/C10H16N3/c1-13(7-3-5-11)9-10-4-2-6-12-8-10/h2,4,6,8,11H,3,5,7,9H2,1H3. The summed E-state index contributed by atoms with van der Waals surface area (Å²) in [5.74, 6) is 0. The van der Waals surface area contributed by atoms with Crippen molar-refractivity contribution in [3.8, 4) is 0 Å². The van der Waals surface area contributed by atoms with Gasteiger partial charge in [0, 0.05) is 25.5 Å². The Bertz CT molecular complexity index is 223. The van der Waals surface area contributed by atoms with E-state index in [1.807, 2.05) is 12.3 Å². The highest BCUT2D eigenvalue weighted by molar-refractivity contribution is 5.07. The third-order valence-corrected chi connectivity index (χ3v) is 1.89. The Labute approximate surface area is 79.6 Å². The Kier molecular flexibility index (Phi) is 4.43. The lowest BCUT2D eigenvalue weighted by Crippen LogP contribution is -2.20. The summed E-state index contributed by atoms with van der Waals surface area (Å²) < 4.78 is 0. The third kappa shape index (κ3) is 4.01. The molecule has 0 aromatic carbocycles. The maximum atomic E-state index is 7.04. The molecule has 0 aliphatic heterocycles. The molecule has 0 spiro atoms. The minimum Gasteiger partial charge on any atom is -0.302 e. The minimum absolute atomic E-state index is 0.511. The Balaban J connectivity index is 2.32. The van der Waals surface area contributed by atoms with E-state index in [1.165, 1.54) is 5.56 Å². The predicted octanol–water partition coefficient (Wildman–Crippen LogP) is 1.19. The Morgan fingerprint density at radius 2 is 2.38 bits per heavy atom. The molecule has 3 heteroatoms. The molecule has 13 heavy (non-hydrogen) atoms. The summed E-state index contributed by atoms with van der Waals surface area (Å²) in [5, 5.41) is 0. The van der Waals surface area contributed by atoms with Gasteiger partial charge in [-0.25, -0.2) is 0 Å². The van der Waals surface area contributed by atoms with Crippen molar-refractivity contribution >= 4 is 0 Å². The minimum atomic E-state index is 0.511. The van der Waals surface area contributed by atoms with Crippen molar-refractivity contribution in [2.45, 2.75) is 13.0 Å². The van der Waals surface area contributed by atoms with E-state index < -0.39 is 0 Å². The number of pyridine rings is 1. The second-order valence-electron chi connectivity index (χ2n) is 3.20. The van der Waals surface area contributed by atoms with E-state index in [4.69, 9.17) is 5.73 Å². The summed E-state index contributed by atoms with van der Waals surface area (Å²) in [7, 11) is 2.07. The number of hydrogen-bond donors (Lipinski definition) is 0. The van der Waals surface area contributed by atoms with E-state index in [1.54, 1.807) is 6.20 Å². The highest BCUT2D eigenvalue weighted by Crippen LogP contribution is 2.00. The molecule has 0 aliphatic rings. The second kappa shape index (κ2) is 5.67. The van der Waals surface area contributed by atoms with Crippen LogP contribution in [0.4, 0.5) is 0 Å². The first kappa shape index (κ1) is 10.2. The van der Waals surface area contributed by atoms with Gasteiger partial charge in [0.2, 0.25) is 0 Å². The van der Waals surface area contributed by atoms with Crippen molar-refractivity contribution < 1.29 is 0 Å². The van der Waals surface area contributed by atoms with Crippen LogP contribution in [0.5, 0.6) is 0 Å². The Hall–Kier alpha value is -0.930. The van der Waals surface area contributed by atoms with E-state index in [9.17, 15) is 0 Å². The molecule has 71 valence electrons. The number of nitrogens with zero attached hydrogens (tertiary/aromatic N) is 2. The van der Waals surface area contributed by atoms with Gasteiger partial charge in [0.25, 0.3) is 0 Å². The van der Waals surface area contributed by atoms with Crippen LogP contribution >= 0.6 is 0 Å². The van der Waals surface area contributed by atoms with E-state index in [0.29, 0.717) is 6.54 Å². The van der Waals surface area contributed by atoms with Crippen LogP contribution in [0.2, 0.25) is 0 Å². The van der Waals surface area contributed by atoms with Gasteiger partial charge in [-0.15, -0.1) is 0 Å². The zero-order valence-corrected chi connectivity index (χ0v) is 8.03. The lowest BCUT2D eigenvalue weighted by Gasteiger charge is -2.15. The molecule has 0 bridgehead atoms. The van der Waals surface area contributed by atoms with Crippen LogP contribution in [0.3, 0.4) is 0 Å². The van der Waals surface area contributed by atoms with E-state index in [0.717, 1.165) is 19.5 Å². The zero-order valence-electron chi connectivity index (χ0n) is 8.03. The van der Waals surface area contributed by atoms with Crippen LogP contribution in [0.25, 0.3) is 0 Å². The fourth-order valence-corrected chi connectivity index (χ4v) is 1.23. The van der Waals surface area contributed by atoms with Gasteiger partial charge in [-0.05, 0) is 31.6 Å². The van der Waals surface area contributed by atoms with Gasteiger partial charge in [-0.3, -0.25) is 10.7 Å². The molecule has 0 atom stereocenters. The molecule has 1 rings (SSSR count). The SMILES string of the molecule is CN(CCC[NH])Cc1cccnc1. The predicted molar refractivity (Wildman–Crippen MR) is 53.2 cm³/mol. The number of nitrogens with one attached hydrogen (secondary N) is 1. The largest absolute Gasteiger partial charge is 0.302 e. The first-order chi connectivity index (χ1) is 6.33. The van der Waals surface area contributed by atoms with Crippen molar-refractivity contribution in [3.05, 3.63) is 30.1 Å². The molecule has 0 saturated carbocycles. The molecule has 0 aliphatic carbocycles. The molecule has 0 amide bonds. The molecular formula is C10H16N3. The molecule has 1 N–H and O–H groups in total. The highest BCUT2D eigenvalue weighted by Gasteiger charge is 1.98. The molecule has 1 aromatic rings. The second-order valence-corrected chi connectivity index (χ2v) is 3.20. The molecule has 0 saturated heterocycles. The van der Waals surface area contributed by atoms with Gasteiger partial charge in [0.15, 0.2) is 0 Å². The summed E-state index contributed by atoms with van der Waals surface area (Å²) in [6.07, 6.45) is 4.61. The Morgan fingerprint density at radius 3 is 3.00 bits per heavy atom. The smallest absolute Gasteiger partial charge is 0.0312 e. The van der Waals surface area contributed by atoms with Crippen LogP contribution in [0.15, 0.2) is 24.5 Å². The average Bonchev–Trinajstić information content (AvgIpc) is 2.16. The fourth-order valence-electron chi connectivity index (χ4n) is 1.23. The summed E-state index contributed by atoms with van der Waals surface area (Å²) in [4.78, 5) is 6.27. The van der Waals surface area contributed by atoms with Crippen LogP contribution in [-0.2, 0) is 6.54 Å². The van der Waals surface area contributed by atoms with Gasteiger partial charge < -0.3 is 4.90 Å². The average molecular weight is 178 g/mol. The Morgan fingerprint density at radius 1 is 1.54 bits per heavy atom. The van der Waals surface area contributed by atoms with Gasteiger partial charge in [0.05, 0.1) is 0 Å². The van der Waals surface area contributed by atoms with E-state index >= 15 is 0 Å². The molecule has 0 fully saturated rings. The number of aromatic nitrogens is 1. The molecule has 0 unspecified atom stereocenters. The van der Waals surface area contributed by atoms with E-state index in [2.05, 4.69) is 23.0 Å². The molecule has 1 aromatic heterocycles. The quantitative estimate of drug-likeness (QED) is 0.679. The van der Waals surface area contributed by atoms with Crippen molar-refractivity contribution in [1.82, 2.24) is 15.6 Å². The summed E-state index contributed by atoms with van der Waals surface area (Å²) in [6, 6.07) is 4.03. The normalized spacial score (nSPS) is 10.7. The van der Waals surface area contributed by atoms with Gasteiger partial charge in [-0.2, -0.15) is 0 Å². The van der Waals surface area contributed by atoms with Gasteiger partial charge in [0.1, 0.15) is 0 Å². The zero-order chi connectivity index (χ0) is 9.52. The topological polar surface area (TPSA) is 39.9 Å². The number of hydrogen-bond acceptors (Lipinski definition) is 2. The van der Waals surface area contributed by atoms with Crippen molar-refractivity contribution in [2.24, 2.45) is 0 Å². The first-order valence-corrected chi connectivity index (χ1v) is 4.55. The maximum absolute atomic E-state index is 7.04. The van der Waals surface area contributed by atoms with E-state index in [-0.39, 0.29) is 0 Å². The van der Waals surface area contributed by atoms with Gasteiger partial charge in [-0.1, -0.05) is 6.07 Å². The van der Waals surface area contributed by atoms with Gasteiger partial charge >= 0.3 is 0 Å². The summed E-state index contributed by atoms with van der Waals surface area (Å²) in [6.45, 7) is 2.42. The summed E-state index contributed by atoms with van der Waals surface area (Å²) in [5.41, 5.74) is 8.27. The van der Waals surface area contributed by atoms with Crippen LogP contribution in [0.1, 0.15) is 12.0 Å². The first-order valence-electron chi connectivity index (χ1n) is 4.55. The third-order valence-electron chi connectivity index (χ3n) is 1.89. The van der Waals surface area contributed by atoms with Crippen LogP contribution < -0.4 is 5.73 Å². The maximum Gasteiger partial charge on any atom is 0.0312 e. The highest BCUT2D eigenvalue weighted by atomic mass is 15.1. The van der Waals surface area contributed by atoms with Crippen molar-refractivity contribution in [2.75, 3.05) is 20.1 Å². The van der Waals surface area contributed by atoms with Crippen molar-refractivity contribution in [1.29, 1.82) is 0 Å². The summed E-state index contributed by atoms with van der Waals surface area (Å²) >= 11 is 0. The lowest BCUT2D eigenvalue weighted by molar-refractivity contribution is 0.323. The monoisotopic (exact) mass is 178 g/mol. The van der Waals surface area contributed by atoms with Crippen LogP contribution in [0, 0.1) is 0 Å². The molecule has 1 heterocycles. The molecular weight excluding hydrogens is 162 g/mol. The molecule has 3 nitrogen and oxygen atoms in total. The lowest BCUT2D eigenvalue weighted by atomic mass is 10.2. The number of rotatable bonds is 5.